The highest BCUT2D eigenvalue weighted by molar-refractivity contribution is 5.80. The van der Waals surface area contributed by atoms with Crippen LogP contribution in [0.25, 0.3) is 0 Å². The van der Waals surface area contributed by atoms with E-state index in [4.69, 9.17) is 9.47 Å². The fourth-order valence-corrected chi connectivity index (χ4v) is 3.53. The number of benzene rings is 2. The van der Waals surface area contributed by atoms with Gasteiger partial charge in [-0.2, -0.15) is 0 Å². The maximum atomic E-state index is 5.43. The summed E-state index contributed by atoms with van der Waals surface area (Å²) in [6, 6.07) is 16.4. The van der Waals surface area contributed by atoms with Crippen LogP contribution in [0.4, 0.5) is 5.69 Å². The third-order valence-electron chi connectivity index (χ3n) is 5.08. The second-order valence-electron chi connectivity index (χ2n) is 6.71. The number of methoxy groups -OCH3 is 2. The highest BCUT2D eigenvalue weighted by atomic mass is 16.5. The van der Waals surface area contributed by atoms with Crippen molar-refractivity contribution in [2.24, 2.45) is 4.99 Å². The summed E-state index contributed by atoms with van der Waals surface area (Å²) < 4.78 is 10.8. The summed E-state index contributed by atoms with van der Waals surface area (Å²) in [5.74, 6) is 2.79. The van der Waals surface area contributed by atoms with E-state index in [1.54, 1.807) is 14.2 Å². The number of nitrogens with one attached hydrogen (secondary N) is 1. The quantitative estimate of drug-likeness (QED) is 0.615. The van der Waals surface area contributed by atoms with E-state index < -0.39 is 0 Å². The molecule has 0 bridgehead atoms. The zero-order chi connectivity index (χ0) is 19.8. The van der Waals surface area contributed by atoms with Crippen LogP contribution in [0.15, 0.2) is 53.5 Å². The maximum Gasteiger partial charge on any atom is 0.193 e. The van der Waals surface area contributed by atoms with Gasteiger partial charge in [0.1, 0.15) is 11.5 Å². The van der Waals surface area contributed by atoms with Gasteiger partial charge in [-0.05, 0) is 30.2 Å². The number of hydrogen-bond acceptors (Lipinski definition) is 4. The average Bonchev–Trinajstić information content (AvgIpc) is 2.77. The fraction of sp³-hybridized carbons (Fsp3) is 0.409. The van der Waals surface area contributed by atoms with E-state index in [0.29, 0.717) is 0 Å². The normalized spacial score (nSPS) is 14.8. The fourth-order valence-electron chi connectivity index (χ4n) is 3.53. The highest BCUT2D eigenvalue weighted by Crippen LogP contribution is 2.22. The molecule has 0 aromatic heterocycles. The summed E-state index contributed by atoms with van der Waals surface area (Å²) in [4.78, 5) is 9.18. The van der Waals surface area contributed by atoms with Gasteiger partial charge < -0.3 is 24.6 Å². The summed E-state index contributed by atoms with van der Waals surface area (Å²) in [6.45, 7) is 4.61. The van der Waals surface area contributed by atoms with Crippen LogP contribution in [0.1, 0.15) is 5.56 Å². The lowest BCUT2D eigenvalue weighted by molar-refractivity contribution is 0.372. The van der Waals surface area contributed by atoms with Crippen LogP contribution in [0.5, 0.6) is 11.5 Å². The summed E-state index contributed by atoms with van der Waals surface area (Å²) >= 11 is 0. The first-order valence-corrected chi connectivity index (χ1v) is 9.71. The van der Waals surface area contributed by atoms with Crippen molar-refractivity contribution < 1.29 is 9.47 Å². The number of hydrogen-bond donors (Lipinski definition) is 1. The lowest BCUT2D eigenvalue weighted by atomic mass is 10.1. The molecule has 2 aromatic carbocycles. The molecule has 1 aliphatic heterocycles. The van der Waals surface area contributed by atoms with Crippen LogP contribution in [-0.4, -0.2) is 64.9 Å². The SMILES string of the molecule is CN=C(NCCc1ccccc1OC)N1CCN(c2cccc(OC)c2)CC1. The lowest BCUT2D eigenvalue weighted by Gasteiger charge is -2.37. The first kappa shape index (κ1) is 19.9. The number of aliphatic imine (C=N–C) groups is 1. The first-order valence-electron chi connectivity index (χ1n) is 9.71. The topological polar surface area (TPSA) is 49.3 Å². The van der Waals surface area contributed by atoms with E-state index in [-0.39, 0.29) is 0 Å². The minimum Gasteiger partial charge on any atom is -0.497 e. The number of anilines is 1. The molecule has 0 unspecified atom stereocenters. The van der Waals surface area contributed by atoms with E-state index in [1.165, 1.54) is 11.3 Å². The van der Waals surface area contributed by atoms with Gasteiger partial charge in [-0.3, -0.25) is 4.99 Å². The predicted octanol–water partition coefficient (Wildman–Crippen LogP) is 2.64. The standard InChI is InChI=1S/C22H30N4O2/c1-23-22(24-12-11-18-7-4-5-10-21(18)28-3)26-15-13-25(14-16-26)19-8-6-9-20(17-19)27-2/h4-10,17H,11-16H2,1-3H3,(H,23,24). The van der Waals surface area contributed by atoms with E-state index in [2.05, 4.69) is 38.3 Å². The smallest absolute Gasteiger partial charge is 0.193 e. The molecular weight excluding hydrogens is 352 g/mol. The van der Waals surface area contributed by atoms with Gasteiger partial charge in [0.15, 0.2) is 5.96 Å². The van der Waals surface area contributed by atoms with Crippen molar-refractivity contribution in [2.75, 3.05) is 58.9 Å². The molecule has 1 heterocycles. The largest absolute Gasteiger partial charge is 0.497 e. The van der Waals surface area contributed by atoms with E-state index in [0.717, 1.165) is 56.6 Å². The molecule has 0 amide bonds. The molecule has 1 saturated heterocycles. The van der Waals surface area contributed by atoms with Gasteiger partial charge in [-0.1, -0.05) is 24.3 Å². The molecule has 0 radical (unpaired) electrons. The lowest BCUT2D eigenvalue weighted by Crippen LogP contribution is -2.52. The van der Waals surface area contributed by atoms with E-state index in [9.17, 15) is 0 Å². The van der Waals surface area contributed by atoms with Gasteiger partial charge in [0, 0.05) is 51.5 Å². The molecule has 6 nitrogen and oxygen atoms in total. The number of para-hydroxylation sites is 1. The number of nitrogens with zero attached hydrogens (tertiary/aromatic N) is 3. The molecule has 1 aliphatic rings. The number of ether oxygens (including phenoxy) is 2. The first-order chi connectivity index (χ1) is 13.7. The van der Waals surface area contributed by atoms with Gasteiger partial charge in [0.25, 0.3) is 0 Å². The van der Waals surface area contributed by atoms with Gasteiger partial charge in [-0.15, -0.1) is 0 Å². The Morgan fingerprint density at radius 2 is 1.79 bits per heavy atom. The second kappa shape index (κ2) is 9.88. The van der Waals surface area contributed by atoms with Crippen LogP contribution in [0.3, 0.4) is 0 Å². The van der Waals surface area contributed by atoms with Crippen molar-refractivity contribution in [1.29, 1.82) is 0 Å². The number of guanidine groups is 1. The Labute approximate surface area is 167 Å². The van der Waals surface area contributed by atoms with Crippen LogP contribution in [0.2, 0.25) is 0 Å². The Balaban J connectivity index is 1.51. The van der Waals surface area contributed by atoms with Crippen molar-refractivity contribution in [1.82, 2.24) is 10.2 Å². The van der Waals surface area contributed by atoms with Gasteiger partial charge >= 0.3 is 0 Å². The molecular formula is C22H30N4O2. The second-order valence-corrected chi connectivity index (χ2v) is 6.71. The van der Waals surface area contributed by atoms with Gasteiger partial charge in [-0.25, -0.2) is 0 Å². The van der Waals surface area contributed by atoms with Crippen LogP contribution < -0.4 is 19.7 Å². The molecule has 2 aromatic rings. The zero-order valence-corrected chi connectivity index (χ0v) is 17.0. The summed E-state index contributed by atoms with van der Waals surface area (Å²) in [6.07, 6.45) is 0.896. The van der Waals surface area contributed by atoms with E-state index >= 15 is 0 Å². The third-order valence-corrected chi connectivity index (χ3v) is 5.08. The maximum absolute atomic E-state index is 5.43. The van der Waals surface area contributed by atoms with Crippen LogP contribution in [-0.2, 0) is 6.42 Å². The average molecular weight is 383 g/mol. The van der Waals surface area contributed by atoms with Crippen molar-refractivity contribution >= 4 is 11.6 Å². The minimum atomic E-state index is 0.823. The molecule has 1 fully saturated rings. The van der Waals surface area contributed by atoms with Crippen LogP contribution >= 0.6 is 0 Å². The van der Waals surface area contributed by atoms with Crippen molar-refractivity contribution in [3.05, 3.63) is 54.1 Å². The van der Waals surface area contributed by atoms with Crippen molar-refractivity contribution in [3.63, 3.8) is 0 Å². The molecule has 150 valence electrons. The molecule has 0 atom stereocenters. The molecule has 0 aliphatic carbocycles. The Morgan fingerprint density at radius 3 is 2.50 bits per heavy atom. The zero-order valence-electron chi connectivity index (χ0n) is 17.0. The Morgan fingerprint density at radius 1 is 1.00 bits per heavy atom. The van der Waals surface area contributed by atoms with Crippen molar-refractivity contribution in [3.8, 4) is 11.5 Å². The number of piperazine rings is 1. The molecule has 1 N–H and O–H groups in total. The molecule has 28 heavy (non-hydrogen) atoms. The molecule has 0 spiro atoms. The number of rotatable bonds is 6. The summed E-state index contributed by atoms with van der Waals surface area (Å²) in [5.41, 5.74) is 2.41. The predicted molar refractivity (Wildman–Crippen MR) is 115 cm³/mol. The summed E-state index contributed by atoms with van der Waals surface area (Å²) in [7, 11) is 5.27. The van der Waals surface area contributed by atoms with Gasteiger partial charge in [0.2, 0.25) is 0 Å². The van der Waals surface area contributed by atoms with Crippen molar-refractivity contribution in [2.45, 2.75) is 6.42 Å². The Hall–Kier alpha value is -2.89. The van der Waals surface area contributed by atoms with E-state index in [1.807, 2.05) is 37.4 Å². The minimum absolute atomic E-state index is 0.823. The molecule has 6 heteroatoms. The highest BCUT2D eigenvalue weighted by Gasteiger charge is 2.20. The summed E-state index contributed by atoms with van der Waals surface area (Å²) in [5, 5.41) is 3.49. The van der Waals surface area contributed by atoms with Crippen LogP contribution in [0, 0.1) is 0 Å². The molecule has 0 saturated carbocycles. The Bertz CT molecular complexity index is 786. The van der Waals surface area contributed by atoms with Gasteiger partial charge in [0.05, 0.1) is 14.2 Å². The monoisotopic (exact) mass is 382 g/mol. The Kier molecular flexibility index (Phi) is 7.00. The third kappa shape index (κ3) is 4.88. The molecule has 3 rings (SSSR count).